The predicted molar refractivity (Wildman–Crippen MR) is 87.1 cm³/mol. The summed E-state index contributed by atoms with van der Waals surface area (Å²) in [5, 5.41) is 14.3. The Balaban J connectivity index is 1.64. The van der Waals surface area contributed by atoms with Crippen molar-refractivity contribution in [2.24, 2.45) is 0 Å². The van der Waals surface area contributed by atoms with Gasteiger partial charge in [0.05, 0.1) is 23.2 Å². The van der Waals surface area contributed by atoms with Crippen LogP contribution in [0.3, 0.4) is 0 Å². The van der Waals surface area contributed by atoms with Gasteiger partial charge in [0.15, 0.2) is 5.82 Å². The van der Waals surface area contributed by atoms with Crippen molar-refractivity contribution in [3.63, 3.8) is 0 Å². The van der Waals surface area contributed by atoms with Crippen LogP contribution in [0.15, 0.2) is 34.9 Å². The van der Waals surface area contributed by atoms with E-state index in [0.29, 0.717) is 29.3 Å². The summed E-state index contributed by atoms with van der Waals surface area (Å²) in [6, 6.07) is 5.98. The van der Waals surface area contributed by atoms with E-state index in [0.717, 1.165) is 18.7 Å². The molecule has 128 valence electrons. The van der Waals surface area contributed by atoms with Crippen LogP contribution in [0.5, 0.6) is 0 Å². The van der Waals surface area contributed by atoms with Crippen molar-refractivity contribution in [3.05, 3.63) is 53.5 Å². The average Bonchev–Trinajstić information content (AvgIpc) is 3.15. The van der Waals surface area contributed by atoms with Crippen molar-refractivity contribution in [1.82, 2.24) is 20.2 Å². The Bertz CT molecular complexity index is 929. The minimum Gasteiger partial charge on any atom is -0.469 e. The second-order valence-corrected chi connectivity index (χ2v) is 5.95. The molecule has 1 aliphatic rings. The van der Waals surface area contributed by atoms with Gasteiger partial charge in [-0.05, 0) is 47.5 Å². The molecule has 0 aliphatic heterocycles. The van der Waals surface area contributed by atoms with Crippen LogP contribution in [0, 0.1) is 5.82 Å². The summed E-state index contributed by atoms with van der Waals surface area (Å²) < 4.78 is 21.0. The summed E-state index contributed by atoms with van der Waals surface area (Å²) in [6.45, 7) is 1.88. The Morgan fingerprint density at radius 1 is 1.40 bits per heavy atom. The molecule has 1 N–H and O–H groups in total. The lowest BCUT2D eigenvalue weighted by Crippen LogP contribution is -2.14. The fourth-order valence-corrected chi connectivity index (χ4v) is 2.72. The number of carbonyl (C=O) groups is 1. The number of anilines is 1. The number of nitrogens with zero attached hydrogens (tertiary/aromatic N) is 4. The number of benzene rings is 1. The van der Waals surface area contributed by atoms with Crippen LogP contribution in [0.4, 0.5) is 10.1 Å². The van der Waals surface area contributed by atoms with E-state index in [1.54, 1.807) is 16.8 Å². The van der Waals surface area contributed by atoms with Crippen LogP contribution in [0.25, 0.3) is 5.69 Å². The Labute approximate surface area is 142 Å². The summed E-state index contributed by atoms with van der Waals surface area (Å²) in [6.07, 6.45) is 4.12. The van der Waals surface area contributed by atoms with Crippen LogP contribution in [-0.2, 0) is 6.42 Å². The topological polar surface area (TPSA) is 85.8 Å². The average molecular weight is 341 g/mol. The third-order valence-electron chi connectivity index (χ3n) is 4.19. The molecule has 1 aromatic carbocycles. The smallest absolute Gasteiger partial charge is 0.259 e. The molecule has 1 amide bonds. The zero-order chi connectivity index (χ0) is 17.4. The Kier molecular flexibility index (Phi) is 3.79. The molecule has 25 heavy (non-hydrogen) atoms. The highest BCUT2D eigenvalue weighted by Crippen LogP contribution is 2.39. The van der Waals surface area contributed by atoms with Gasteiger partial charge in [-0.15, -0.1) is 5.10 Å². The summed E-state index contributed by atoms with van der Waals surface area (Å²) >= 11 is 0. The largest absolute Gasteiger partial charge is 0.469 e. The lowest BCUT2D eigenvalue weighted by Gasteiger charge is -2.09. The van der Waals surface area contributed by atoms with Gasteiger partial charge in [0.1, 0.15) is 11.6 Å². The van der Waals surface area contributed by atoms with Gasteiger partial charge < -0.3 is 9.73 Å². The molecule has 2 aromatic heterocycles. The number of carbonyl (C=O) groups excluding carboxylic acids is 1. The van der Waals surface area contributed by atoms with Gasteiger partial charge in [-0.1, -0.05) is 6.92 Å². The lowest BCUT2D eigenvalue weighted by atomic mass is 10.2. The number of aryl methyl sites for hydroxylation is 1. The molecule has 0 radical (unpaired) electrons. The quantitative estimate of drug-likeness (QED) is 0.771. The number of furan rings is 1. The molecule has 0 atom stereocenters. The first-order valence-electron chi connectivity index (χ1n) is 8.13. The van der Waals surface area contributed by atoms with Crippen LogP contribution in [0.2, 0.25) is 0 Å². The first-order chi connectivity index (χ1) is 12.2. The molecule has 4 rings (SSSR count). The zero-order valence-electron chi connectivity index (χ0n) is 13.6. The monoisotopic (exact) mass is 341 g/mol. The van der Waals surface area contributed by atoms with E-state index in [1.807, 2.05) is 6.92 Å². The number of halogens is 1. The van der Waals surface area contributed by atoms with Gasteiger partial charge in [-0.25, -0.2) is 4.39 Å². The van der Waals surface area contributed by atoms with E-state index >= 15 is 0 Å². The summed E-state index contributed by atoms with van der Waals surface area (Å²) in [4.78, 5) is 12.4. The second kappa shape index (κ2) is 6.12. The predicted octanol–water partition coefficient (Wildman–Crippen LogP) is 3.09. The van der Waals surface area contributed by atoms with Crippen molar-refractivity contribution >= 4 is 11.6 Å². The number of hydrogen-bond donors (Lipinski definition) is 1. The maximum absolute atomic E-state index is 14.2. The highest BCUT2D eigenvalue weighted by atomic mass is 19.1. The molecule has 0 spiro atoms. The molecule has 1 fully saturated rings. The van der Waals surface area contributed by atoms with Gasteiger partial charge in [0, 0.05) is 12.3 Å². The molecule has 1 aliphatic carbocycles. The number of nitrogens with one attached hydrogen (secondary N) is 1. The zero-order valence-corrected chi connectivity index (χ0v) is 13.6. The first-order valence-corrected chi connectivity index (χ1v) is 8.13. The molecule has 7 nitrogen and oxygen atoms in total. The van der Waals surface area contributed by atoms with Crippen LogP contribution in [-0.4, -0.2) is 26.1 Å². The SMILES string of the molecule is CCc1occc1C(=O)Nc1cc(-n2nnnc2C2CC2)ccc1F. The van der Waals surface area contributed by atoms with Gasteiger partial charge in [-0.3, -0.25) is 4.79 Å². The minimum atomic E-state index is -0.528. The summed E-state index contributed by atoms with van der Waals surface area (Å²) in [5.74, 6) is 0.717. The van der Waals surface area contributed by atoms with E-state index in [9.17, 15) is 9.18 Å². The van der Waals surface area contributed by atoms with E-state index in [4.69, 9.17) is 4.42 Å². The molecule has 3 aromatic rings. The summed E-state index contributed by atoms with van der Waals surface area (Å²) in [5.41, 5.74) is 1.07. The third-order valence-corrected chi connectivity index (χ3v) is 4.19. The van der Waals surface area contributed by atoms with Crippen molar-refractivity contribution in [3.8, 4) is 5.69 Å². The summed E-state index contributed by atoms with van der Waals surface area (Å²) in [7, 11) is 0. The fraction of sp³-hybridized carbons (Fsp3) is 0.294. The van der Waals surface area contributed by atoms with E-state index in [2.05, 4.69) is 20.8 Å². The molecular formula is C17H16FN5O2. The number of hydrogen-bond acceptors (Lipinski definition) is 5. The molecule has 1 saturated carbocycles. The highest BCUT2D eigenvalue weighted by Gasteiger charge is 2.30. The van der Waals surface area contributed by atoms with E-state index in [-0.39, 0.29) is 5.69 Å². The van der Waals surface area contributed by atoms with Gasteiger partial charge in [0.2, 0.25) is 0 Å². The normalized spacial score (nSPS) is 13.8. The van der Waals surface area contributed by atoms with Crippen molar-refractivity contribution in [2.75, 3.05) is 5.32 Å². The van der Waals surface area contributed by atoms with Crippen LogP contribution >= 0.6 is 0 Å². The lowest BCUT2D eigenvalue weighted by molar-refractivity contribution is 0.102. The number of aromatic nitrogens is 4. The molecule has 8 heteroatoms. The Morgan fingerprint density at radius 3 is 3.00 bits per heavy atom. The minimum absolute atomic E-state index is 0.0722. The molecular weight excluding hydrogens is 325 g/mol. The third kappa shape index (κ3) is 2.90. The first kappa shape index (κ1) is 15.5. The van der Waals surface area contributed by atoms with Crippen molar-refractivity contribution < 1.29 is 13.6 Å². The molecule has 0 bridgehead atoms. The van der Waals surface area contributed by atoms with Crippen LogP contribution in [0.1, 0.15) is 47.6 Å². The molecule has 2 heterocycles. The highest BCUT2D eigenvalue weighted by molar-refractivity contribution is 6.05. The van der Waals surface area contributed by atoms with Crippen molar-refractivity contribution in [1.29, 1.82) is 0 Å². The maximum atomic E-state index is 14.2. The van der Waals surface area contributed by atoms with Gasteiger partial charge in [0.25, 0.3) is 5.91 Å². The van der Waals surface area contributed by atoms with E-state index < -0.39 is 11.7 Å². The molecule has 0 unspecified atom stereocenters. The Hall–Kier alpha value is -3.03. The van der Waals surface area contributed by atoms with Gasteiger partial charge in [-0.2, -0.15) is 4.68 Å². The molecule has 0 saturated heterocycles. The van der Waals surface area contributed by atoms with Crippen LogP contribution < -0.4 is 5.32 Å². The van der Waals surface area contributed by atoms with Gasteiger partial charge >= 0.3 is 0 Å². The second-order valence-electron chi connectivity index (χ2n) is 5.95. The van der Waals surface area contributed by atoms with E-state index in [1.165, 1.54) is 18.4 Å². The van der Waals surface area contributed by atoms with Crippen molar-refractivity contribution in [2.45, 2.75) is 32.1 Å². The maximum Gasteiger partial charge on any atom is 0.259 e. The number of tetrazole rings is 1. The standard InChI is InChI=1S/C17H16FN5O2/c1-2-15-12(7-8-25-15)17(24)19-14-9-11(5-6-13(14)18)23-16(10-3-4-10)20-21-22-23/h5-10H,2-4H2,1H3,(H,19,24). The fourth-order valence-electron chi connectivity index (χ4n) is 2.72. The number of amides is 1. The Morgan fingerprint density at radius 2 is 2.24 bits per heavy atom. The number of rotatable bonds is 5.